The van der Waals surface area contributed by atoms with Crippen molar-refractivity contribution in [1.82, 2.24) is 0 Å². The van der Waals surface area contributed by atoms with Crippen LogP contribution in [-0.4, -0.2) is 61.5 Å². The number of carbonyl (C=O) groups excluding carboxylic acids is 3. The lowest BCUT2D eigenvalue weighted by Crippen LogP contribution is -2.42. The zero-order valence-electron chi connectivity index (χ0n) is 24.3. The number of benzene rings is 1. The first-order valence-electron chi connectivity index (χ1n) is 13.4. The number of rotatable bonds is 15. The second kappa shape index (κ2) is 17.2. The minimum atomic E-state index is -1.43. The fourth-order valence-corrected chi connectivity index (χ4v) is 3.58. The van der Waals surface area contributed by atoms with Gasteiger partial charge in [0.25, 0.3) is 0 Å². The molecule has 1 aromatic rings. The summed E-state index contributed by atoms with van der Waals surface area (Å²) in [6.45, 7) is 13.1. The van der Waals surface area contributed by atoms with E-state index in [-0.39, 0.29) is 37.2 Å². The van der Waals surface area contributed by atoms with Crippen molar-refractivity contribution in [2.24, 2.45) is 23.5 Å². The van der Waals surface area contributed by atoms with Gasteiger partial charge in [-0.05, 0) is 56.2 Å². The van der Waals surface area contributed by atoms with Crippen LogP contribution >= 0.6 is 0 Å². The van der Waals surface area contributed by atoms with E-state index >= 15 is 0 Å². The summed E-state index contributed by atoms with van der Waals surface area (Å²) in [7, 11) is 0. The second-order valence-corrected chi connectivity index (χ2v) is 10.2. The lowest BCUT2D eigenvalue weighted by atomic mass is 9.79. The number of aliphatic carboxylic acids is 1. The molecule has 40 heavy (non-hydrogen) atoms. The Morgan fingerprint density at radius 3 is 1.80 bits per heavy atom. The Balaban J connectivity index is 3.35. The first-order chi connectivity index (χ1) is 18.8. The van der Waals surface area contributed by atoms with Crippen LogP contribution in [0.5, 0.6) is 11.5 Å². The molecule has 12 heteroatoms. The van der Waals surface area contributed by atoms with Gasteiger partial charge in [-0.3, -0.25) is 4.79 Å². The molecule has 0 bridgehead atoms. The van der Waals surface area contributed by atoms with Crippen LogP contribution in [0.15, 0.2) is 18.2 Å². The first-order valence-corrected chi connectivity index (χ1v) is 13.4. The Bertz CT molecular complexity index is 979. The highest BCUT2D eigenvalue weighted by Crippen LogP contribution is 2.37. The molecule has 0 amide bonds. The highest BCUT2D eigenvalue weighted by Gasteiger charge is 2.36. The van der Waals surface area contributed by atoms with Gasteiger partial charge >= 0.3 is 24.4 Å². The van der Waals surface area contributed by atoms with Crippen LogP contribution in [0.25, 0.3) is 0 Å². The quantitative estimate of drug-likeness (QED) is 0.155. The van der Waals surface area contributed by atoms with E-state index in [0.717, 1.165) is 0 Å². The van der Waals surface area contributed by atoms with Gasteiger partial charge in [0.05, 0.1) is 19.8 Å². The average Bonchev–Trinajstić information content (AvgIpc) is 2.85. The third-order valence-electron chi connectivity index (χ3n) is 6.09. The molecule has 12 nitrogen and oxygen atoms in total. The predicted molar refractivity (Wildman–Crippen MR) is 144 cm³/mol. The van der Waals surface area contributed by atoms with Gasteiger partial charge in [-0.2, -0.15) is 0 Å². The monoisotopic (exact) mass is 569 g/mol. The van der Waals surface area contributed by atoms with E-state index in [2.05, 4.69) is 0 Å². The van der Waals surface area contributed by atoms with Gasteiger partial charge in [0.2, 0.25) is 0 Å². The molecule has 0 aliphatic rings. The molecule has 3 unspecified atom stereocenters. The van der Waals surface area contributed by atoms with E-state index in [1.165, 1.54) is 18.2 Å². The van der Waals surface area contributed by atoms with Gasteiger partial charge in [-0.1, -0.05) is 40.7 Å². The number of ether oxygens (including phenoxy) is 6. The molecule has 0 spiro atoms. The lowest BCUT2D eigenvalue weighted by Gasteiger charge is -2.31. The summed E-state index contributed by atoms with van der Waals surface area (Å²) < 4.78 is 30.9. The van der Waals surface area contributed by atoms with Crippen LogP contribution < -0.4 is 15.2 Å². The highest BCUT2D eigenvalue weighted by molar-refractivity contribution is 5.75. The van der Waals surface area contributed by atoms with Crippen LogP contribution in [0.1, 0.15) is 72.8 Å². The summed E-state index contributed by atoms with van der Waals surface area (Å²) in [5.41, 5.74) is 6.38. The Morgan fingerprint density at radius 1 is 0.800 bits per heavy atom. The van der Waals surface area contributed by atoms with Crippen LogP contribution in [0.4, 0.5) is 14.4 Å². The topological polar surface area (TPSA) is 170 Å². The van der Waals surface area contributed by atoms with E-state index in [4.69, 9.17) is 34.2 Å². The average molecular weight is 570 g/mol. The van der Waals surface area contributed by atoms with Gasteiger partial charge < -0.3 is 39.3 Å². The molecule has 0 aliphatic heterocycles. The predicted octanol–water partition coefficient (Wildman–Crippen LogP) is 5.50. The third-order valence-corrected chi connectivity index (χ3v) is 6.09. The van der Waals surface area contributed by atoms with Gasteiger partial charge in [0, 0.05) is 11.8 Å². The normalized spacial score (nSPS) is 14.1. The molecule has 1 rings (SSSR count). The van der Waals surface area contributed by atoms with Crippen LogP contribution in [0.2, 0.25) is 0 Å². The highest BCUT2D eigenvalue weighted by atomic mass is 16.7. The van der Waals surface area contributed by atoms with E-state index in [1.54, 1.807) is 20.8 Å². The molecule has 0 radical (unpaired) electrons. The molecule has 0 saturated carbocycles. The summed E-state index contributed by atoms with van der Waals surface area (Å²) in [5.74, 6) is -2.62. The largest absolute Gasteiger partial charge is 0.513 e. The van der Waals surface area contributed by atoms with Gasteiger partial charge in [0.15, 0.2) is 11.5 Å². The number of carboxylic acid groups (broad SMARTS) is 1. The summed E-state index contributed by atoms with van der Waals surface area (Å²) in [6, 6.07) is 2.72. The Labute approximate surface area is 235 Å². The molecular weight excluding hydrogens is 526 g/mol. The Morgan fingerprint density at radius 2 is 1.32 bits per heavy atom. The van der Waals surface area contributed by atoms with Crippen molar-refractivity contribution in [3.63, 3.8) is 0 Å². The van der Waals surface area contributed by atoms with Crippen molar-refractivity contribution in [2.45, 2.75) is 79.4 Å². The van der Waals surface area contributed by atoms with Crippen molar-refractivity contribution in [2.75, 3.05) is 19.8 Å². The first kappa shape index (κ1) is 34.5. The van der Waals surface area contributed by atoms with Crippen LogP contribution in [-0.2, 0) is 23.7 Å². The molecule has 0 saturated heterocycles. The van der Waals surface area contributed by atoms with Crippen molar-refractivity contribution < 1.29 is 52.7 Å². The molecule has 0 heterocycles. The Hall–Kier alpha value is -3.54. The van der Waals surface area contributed by atoms with Gasteiger partial charge in [0.1, 0.15) is 12.1 Å². The van der Waals surface area contributed by atoms with Crippen molar-refractivity contribution in [3.05, 3.63) is 23.8 Å². The van der Waals surface area contributed by atoms with E-state index in [1.807, 2.05) is 27.7 Å². The molecule has 4 atom stereocenters. The fraction of sp³-hybridized carbons (Fsp3) is 0.643. The lowest BCUT2D eigenvalue weighted by molar-refractivity contribution is -0.139. The van der Waals surface area contributed by atoms with E-state index in [0.29, 0.717) is 24.3 Å². The molecular formula is C28H43NO11. The summed E-state index contributed by atoms with van der Waals surface area (Å²) in [4.78, 5) is 48.5. The number of hydrogen-bond donors (Lipinski definition) is 2. The fourth-order valence-electron chi connectivity index (χ4n) is 3.58. The minimum absolute atomic E-state index is 0.105. The zero-order chi connectivity index (χ0) is 30.4. The zero-order valence-corrected chi connectivity index (χ0v) is 24.3. The van der Waals surface area contributed by atoms with E-state index in [9.17, 15) is 24.3 Å². The summed E-state index contributed by atoms with van der Waals surface area (Å²) in [5, 5.41) is 9.71. The summed E-state index contributed by atoms with van der Waals surface area (Å²) in [6.07, 6.45) is -2.52. The third kappa shape index (κ3) is 12.1. The maximum Gasteiger partial charge on any atom is 0.513 e. The molecule has 0 aliphatic carbocycles. The van der Waals surface area contributed by atoms with Gasteiger partial charge in [-0.15, -0.1) is 0 Å². The SMILES string of the molecule is CCOC(=O)OC(C)C(C)C(c1ccc(OC(=O)OCCC(C)C)c(OC(=O)OCCC(C)C)c1)[C@H](N)C(=O)O. The number of carbonyl (C=O) groups is 4. The summed E-state index contributed by atoms with van der Waals surface area (Å²) >= 11 is 0. The molecule has 0 fully saturated rings. The van der Waals surface area contributed by atoms with Crippen LogP contribution in [0, 0.1) is 17.8 Å². The second-order valence-electron chi connectivity index (χ2n) is 10.2. The number of carboxylic acids is 1. The number of nitrogens with two attached hydrogens (primary N) is 1. The molecule has 0 aromatic heterocycles. The van der Waals surface area contributed by atoms with E-state index < -0.39 is 48.4 Å². The van der Waals surface area contributed by atoms with Crippen molar-refractivity contribution in [3.8, 4) is 11.5 Å². The maximum atomic E-state index is 12.4. The van der Waals surface area contributed by atoms with Crippen LogP contribution in [0.3, 0.4) is 0 Å². The molecule has 3 N–H and O–H groups in total. The maximum absolute atomic E-state index is 12.4. The standard InChI is InChI=1S/C28H43NO11/c1-8-35-26(32)38-19(7)18(6)23(24(29)25(30)31)20-9-10-21(39-27(33)36-13-11-16(2)3)22(15-20)40-28(34)37-14-12-17(4)5/h9-10,15-19,23-24H,8,11-14,29H2,1-7H3,(H,30,31)/t18?,19?,23?,24-/m0/s1. The minimum Gasteiger partial charge on any atom is -0.480 e. The molecule has 1 aromatic carbocycles. The Kier molecular flexibility index (Phi) is 14.8. The number of hydrogen-bond acceptors (Lipinski definition) is 11. The van der Waals surface area contributed by atoms with Gasteiger partial charge in [-0.25, -0.2) is 14.4 Å². The molecule has 226 valence electrons. The van der Waals surface area contributed by atoms with Crippen molar-refractivity contribution in [1.29, 1.82) is 0 Å². The van der Waals surface area contributed by atoms with Crippen molar-refractivity contribution >= 4 is 24.4 Å². The smallest absolute Gasteiger partial charge is 0.480 e.